The van der Waals surface area contributed by atoms with Crippen molar-refractivity contribution in [2.45, 2.75) is 32.7 Å². The quantitative estimate of drug-likeness (QED) is 0.638. The van der Waals surface area contributed by atoms with E-state index in [4.69, 9.17) is 4.42 Å². The molecule has 32 heavy (non-hydrogen) atoms. The van der Waals surface area contributed by atoms with Crippen LogP contribution in [0.3, 0.4) is 0 Å². The number of hydrogen-bond acceptors (Lipinski definition) is 6. The van der Waals surface area contributed by atoms with Gasteiger partial charge in [0.05, 0.1) is 11.6 Å². The molecular weight excluding hydrogens is 410 g/mol. The summed E-state index contributed by atoms with van der Waals surface area (Å²) < 4.78 is 5.62. The maximum absolute atomic E-state index is 12.6. The molecular formula is C23H27N5O4. The number of aromatic nitrogens is 1. The summed E-state index contributed by atoms with van der Waals surface area (Å²) >= 11 is 0. The van der Waals surface area contributed by atoms with E-state index < -0.39 is 11.8 Å². The first kappa shape index (κ1) is 21.9. The molecule has 1 fully saturated rings. The number of carbonyl (C=O) groups is 3. The lowest BCUT2D eigenvalue weighted by Gasteiger charge is -2.31. The van der Waals surface area contributed by atoms with Crippen LogP contribution in [0.1, 0.15) is 31.9 Å². The fourth-order valence-corrected chi connectivity index (χ4v) is 3.92. The molecule has 3 heterocycles. The predicted octanol–water partition coefficient (Wildman–Crippen LogP) is 1.75. The second-order valence-corrected chi connectivity index (χ2v) is 8.23. The van der Waals surface area contributed by atoms with E-state index in [1.807, 2.05) is 30.3 Å². The summed E-state index contributed by atoms with van der Waals surface area (Å²) in [7, 11) is 0. The molecule has 2 aromatic rings. The van der Waals surface area contributed by atoms with Crippen LogP contribution in [0.15, 0.2) is 46.0 Å². The molecule has 1 aromatic carbocycles. The van der Waals surface area contributed by atoms with Crippen molar-refractivity contribution >= 4 is 23.6 Å². The number of hydrogen-bond donors (Lipinski definition) is 2. The summed E-state index contributed by atoms with van der Waals surface area (Å²) in [6.07, 6.45) is 3.74. The highest BCUT2D eigenvalue weighted by Gasteiger charge is 2.28. The molecule has 1 aromatic heterocycles. The normalized spacial score (nSPS) is 21.7. The lowest BCUT2D eigenvalue weighted by atomic mass is 9.97. The number of aliphatic imine (C=N–C) groups is 1. The number of amides is 3. The molecule has 9 nitrogen and oxygen atoms in total. The van der Waals surface area contributed by atoms with E-state index in [1.165, 1.54) is 6.92 Å². The molecule has 4 rings (SSSR count). The molecule has 0 aliphatic carbocycles. The Balaban J connectivity index is 1.25. The number of oxazole rings is 1. The van der Waals surface area contributed by atoms with Crippen molar-refractivity contribution in [3.05, 3.63) is 42.3 Å². The van der Waals surface area contributed by atoms with E-state index in [0.717, 1.165) is 30.6 Å². The summed E-state index contributed by atoms with van der Waals surface area (Å²) in [4.78, 5) is 46.7. The standard InChI is InChI=1S/C23H27N5O4/c1-15-20(29)26-19(27-21(15)30)9-10-24-22(31)17-8-5-11-28(12-17)13-18-14-32-23(25-18)16-6-3-2-4-7-16/h2-4,6-7,14-15,17H,5,8-13H2,1H3,(H,24,31)(H,26,27,29,30). The molecule has 0 spiro atoms. The number of rotatable bonds is 7. The van der Waals surface area contributed by atoms with E-state index in [-0.39, 0.29) is 17.7 Å². The maximum Gasteiger partial charge on any atom is 0.259 e. The molecule has 9 heteroatoms. The molecule has 2 unspecified atom stereocenters. The summed E-state index contributed by atoms with van der Waals surface area (Å²) in [6, 6.07) is 9.75. The molecule has 0 bridgehead atoms. The molecule has 2 aliphatic rings. The monoisotopic (exact) mass is 437 g/mol. The maximum atomic E-state index is 12.6. The second kappa shape index (κ2) is 9.86. The van der Waals surface area contributed by atoms with E-state index in [1.54, 1.807) is 6.26 Å². The van der Waals surface area contributed by atoms with E-state index in [0.29, 0.717) is 37.8 Å². The highest BCUT2D eigenvalue weighted by Crippen LogP contribution is 2.22. The van der Waals surface area contributed by atoms with Crippen LogP contribution < -0.4 is 10.6 Å². The Kier molecular flexibility index (Phi) is 6.75. The fraction of sp³-hybridized carbons (Fsp3) is 0.435. The number of amidine groups is 1. The molecule has 1 saturated heterocycles. The molecule has 0 radical (unpaired) electrons. The van der Waals surface area contributed by atoms with Crippen LogP contribution in [0.5, 0.6) is 0 Å². The first-order chi connectivity index (χ1) is 15.5. The SMILES string of the molecule is CC1C(=O)N=C(CCNC(=O)C2CCCN(Cc3coc(-c4ccccc4)n3)C2)NC1=O. The number of piperidine rings is 1. The van der Waals surface area contributed by atoms with Gasteiger partial charge in [0.2, 0.25) is 17.7 Å². The van der Waals surface area contributed by atoms with Gasteiger partial charge in [0, 0.05) is 31.6 Å². The van der Waals surface area contributed by atoms with Gasteiger partial charge in [-0.25, -0.2) is 4.98 Å². The highest BCUT2D eigenvalue weighted by atomic mass is 16.3. The first-order valence-corrected chi connectivity index (χ1v) is 10.9. The molecule has 168 valence electrons. The van der Waals surface area contributed by atoms with E-state index in [2.05, 4.69) is 25.5 Å². The largest absolute Gasteiger partial charge is 0.444 e. The van der Waals surface area contributed by atoms with Crippen molar-refractivity contribution in [1.29, 1.82) is 0 Å². The van der Waals surface area contributed by atoms with Crippen LogP contribution >= 0.6 is 0 Å². The first-order valence-electron chi connectivity index (χ1n) is 10.9. The summed E-state index contributed by atoms with van der Waals surface area (Å²) in [5.41, 5.74) is 1.78. The van der Waals surface area contributed by atoms with E-state index in [9.17, 15) is 14.4 Å². The van der Waals surface area contributed by atoms with Gasteiger partial charge >= 0.3 is 0 Å². The Morgan fingerprint density at radius 3 is 2.88 bits per heavy atom. The van der Waals surface area contributed by atoms with Crippen LogP contribution in [0, 0.1) is 11.8 Å². The van der Waals surface area contributed by atoms with Crippen LogP contribution in [0.25, 0.3) is 11.5 Å². The Hall–Kier alpha value is -3.33. The average Bonchev–Trinajstić information content (AvgIpc) is 3.26. The summed E-state index contributed by atoms with van der Waals surface area (Å²) in [5.74, 6) is -0.786. The fourth-order valence-electron chi connectivity index (χ4n) is 3.92. The highest BCUT2D eigenvalue weighted by molar-refractivity contribution is 6.15. The number of carbonyl (C=O) groups excluding carboxylic acids is 3. The molecule has 2 N–H and O–H groups in total. The Morgan fingerprint density at radius 1 is 1.28 bits per heavy atom. The Morgan fingerprint density at radius 2 is 2.09 bits per heavy atom. The van der Waals surface area contributed by atoms with Crippen molar-refractivity contribution in [3.63, 3.8) is 0 Å². The van der Waals surface area contributed by atoms with Crippen molar-refractivity contribution in [3.8, 4) is 11.5 Å². The van der Waals surface area contributed by atoms with Crippen molar-refractivity contribution < 1.29 is 18.8 Å². The molecule has 2 aliphatic heterocycles. The van der Waals surface area contributed by atoms with E-state index >= 15 is 0 Å². The lowest BCUT2D eigenvalue weighted by Crippen LogP contribution is -2.45. The third-order valence-electron chi connectivity index (χ3n) is 5.77. The van der Waals surface area contributed by atoms with Gasteiger partial charge in [0.1, 0.15) is 18.0 Å². The zero-order chi connectivity index (χ0) is 22.5. The molecule has 3 amide bonds. The smallest absolute Gasteiger partial charge is 0.259 e. The zero-order valence-electron chi connectivity index (χ0n) is 18.0. The van der Waals surface area contributed by atoms with Crippen LogP contribution in [-0.2, 0) is 20.9 Å². The number of nitrogens with one attached hydrogen (secondary N) is 2. The number of likely N-dealkylation sites (tertiary alicyclic amines) is 1. The lowest BCUT2D eigenvalue weighted by molar-refractivity contribution is -0.132. The van der Waals surface area contributed by atoms with Crippen molar-refractivity contribution in [1.82, 2.24) is 20.5 Å². The van der Waals surface area contributed by atoms with Crippen molar-refractivity contribution in [2.75, 3.05) is 19.6 Å². The Labute approximate surface area is 186 Å². The molecule has 2 atom stereocenters. The van der Waals surface area contributed by atoms with Gasteiger partial charge in [0.15, 0.2) is 0 Å². The van der Waals surface area contributed by atoms with Crippen LogP contribution in [-0.4, -0.2) is 53.1 Å². The third kappa shape index (κ3) is 5.28. The minimum atomic E-state index is -0.755. The van der Waals surface area contributed by atoms with Gasteiger partial charge < -0.3 is 15.1 Å². The van der Waals surface area contributed by atoms with Crippen LogP contribution in [0.4, 0.5) is 0 Å². The molecule has 0 saturated carbocycles. The van der Waals surface area contributed by atoms with Gasteiger partial charge in [-0.2, -0.15) is 4.99 Å². The summed E-state index contributed by atoms with van der Waals surface area (Å²) in [6.45, 7) is 4.02. The second-order valence-electron chi connectivity index (χ2n) is 8.23. The summed E-state index contributed by atoms with van der Waals surface area (Å²) in [5, 5.41) is 5.52. The minimum absolute atomic E-state index is 0.0257. The van der Waals surface area contributed by atoms with Gasteiger partial charge in [0.25, 0.3) is 5.91 Å². The predicted molar refractivity (Wildman–Crippen MR) is 117 cm³/mol. The Bertz CT molecular complexity index is 1020. The number of benzene rings is 1. The zero-order valence-corrected chi connectivity index (χ0v) is 18.0. The van der Waals surface area contributed by atoms with Gasteiger partial charge in [-0.15, -0.1) is 0 Å². The topological polar surface area (TPSA) is 117 Å². The third-order valence-corrected chi connectivity index (χ3v) is 5.77. The van der Waals surface area contributed by atoms with Gasteiger partial charge in [-0.1, -0.05) is 18.2 Å². The van der Waals surface area contributed by atoms with Crippen LogP contribution in [0.2, 0.25) is 0 Å². The van der Waals surface area contributed by atoms with Crippen molar-refractivity contribution in [2.24, 2.45) is 16.8 Å². The average molecular weight is 438 g/mol. The van der Waals surface area contributed by atoms with Gasteiger partial charge in [-0.3, -0.25) is 19.3 Å². The minimum Gasteiger partial charge on any atom is -0.444 e. The van der Waals surface area contributed by atoms with Gasteiger partial charge in [-0.05, 0) is 38.4 Å². The number of nitrogens with zero attached hydrogens (tertiary/aromatic N) is 3.